The lowest BCUT2D eigenvalue weighted by Crippen LogP contribution is -2.15. The zero-order valence-electron chi connectivity index (χ0n) is 11.5. The molecule has 0 aromatic carbocycles. The summed E-state index contributed by atoms with van der Waals surface area (Å²) in [7, 11) is 1.74. The minimum Gasteiger partial charge on any atom is -0.289 e. The average Bonchev–Trinajstić information content (AvgIpc) is 2.86. The molecule has 0 atom stereocenters. The zero-order chi connectivity index (χ0) is 14.0. The van der Waals surface area contributed by atoms with Crippen LogP contribution in [0, 0.1) is 12.8 Å². The molecule has 2 aromatic heterocycles. The molecule has 2 heterocycles. The SMILES string of the molecule is Cc1nc(NC(=O)c2csc(CC(C)C)n2)n(C)n1. The maximum Gasteiger partial charge on any atom is 0.277 e. The Hall–Kier alpha value is -1.76. The molecule has 0 saturated heterocycles. The number of nitrogens with zero attached hydrogens (tertiary/aromatic N) is 4. The Labute approximate surface area is 115 Å². The van der Waals surface area contributed by atoms with Crippen LogP contribution in [-0.2, 0) is 13.5 Å². The summed E-state index contributed by atoms with van der Waals surface area (Å²) >= 11 is 1.51. The number of aryl methyl sites for hydroxylation is 2. The normalized spacial score (nSPS) is 11.0. The van der Waals surface area contributed by atoms with Gasteiger partial charge in [0.05, 0.1) is 5.01 Å². The van der Waals surface area contributed by atoms with Gasteiger partial charge in [0.25, 0.3) is 5.91 Å². The number of aromatic nitrogens is 4. The van der Waals surface area contributed by atoms with E-state index in [0.29, 0.717) is 23.4 Å². The molecule has 1 N–H and O–H groups in total. The molecule has 7 heteroatoms. The monoisotopic (exact) mass is 279 g/mol. The number of amides is 1. The first-order valence-corrected chi connectivity index (χ1v) is 6.97. The van der Waals surface area contributed by atoms with Crippen molar-refractivity contribution in [3.05, 3.63) is 21.9 Å². The average molecular weight is 279 g/mol. The molecule has 19 heavy (non-hydrogen) atoms. The minimum atomic E-state index is -0.248. The Bertz CT molecular complexity index is 587. The van der Waals surface area contributed by atoms with Crippen LogP contribution in [0.15, 0.2) is 5.38 Å². The van der Waals surface area contributed by atoms with Crippen LogP contribution in [-0.4, -0.2) is 25.7 Å². The van der Waals surface area contributed by atoms with Crippen molar-refractivity contribution in [2.75, 3.05) is 5.32 Å². The molecule has 102 valence electrons. The molecule has 6 nitrogen and oxygen atoms in total. The lowest BCUT2D eigenvalue weighted by atomic mass is 10.1. The van der Waals surface area contributed by atoms with Gasteiger partial charge in [0.15, 0.2) is 0 Å². The second-order valence-electron chi connectivity index (χ2n) is 4.78. The molecule has 0 bridgehead atoms. The molecule has 0 aliphatic heterocycles. The van der Waals surface area contributed by atoms with E-state index in [4.69, 9.17) is 0 Å². The number of carbonyl (C=O) groups is 1. The number of nitrogens with one attached hydrogen (secondary N) is 1. The van der Waals surface area contributed by atoms with E-state index < -0.39 is 0 Å². The van der Waals surface area contributed by atoms with E-state index in [-0.39, 0.29) is 5.91 Å². The molecule has 0 aliphatic rings. The van der Waals surface area contributed by atoms with Crippen molar-refractivity contribution in [2.24, 2.45) is 13.0 Å². The summed E-state index contributed by atoms with van der Waals surface area (Å²) in [5.41, 5.74) is 0.432. The van der Waals surface area contributed by atoms with Gasteiger partial charge in [-0.1, -0.05) is 13.8 Å². The summed E-state index contributed by atoms with van der Waals surface area (Å²) in [5.74, 6) is 1.34. The van der Waals surface area contributed by atoms with E-state index in [1.165, 1.54) is 16.0 Å². The molecule has 2 rings (SSSR count). The van der Waals surface area contributed by atoms with Gasteiger partial charge in [-0.25, -0.2) is 9.67 Å². The molecule has 0 spiro atoms. The molecule has 0 radical (unpaired) electrons. The van der Waals surface area contributed by atoms with Gasteiger partial charge in [-0.15, -0.1) is 11.3 Å². The van der Waals surface area contributed by atoms with Gasteiger partial charge in [-0.3, -0.25) is 10.1 Å². The molecule has 0 aliphatic carbocycles. The lowest BCUT2D eigenvalue weighted by Gasteiger charge is -2.01. The van der Waals surface area contributed by atoms with Gasteiger partial charge in [-0.2, -0.15) is 10.1 Å². The van der Waals surface area contributed by atoms with Crippen molar-refractivity contribution in [1.29, 1.82) is 0 Å². The van der Waals surface area contributed by atoms with Gasteiger partial charge in [-0.05, 0) is 12.8 Å². The Morgan fingerprint density at radius 2 is 2.21 bits per heavy atom. The van der Waals surface area contributed by atoms with Gasteiger partial charge < -0.3 is 0 Å². The molecular weight excluding hydrogens is 262 g/mol. The fraction of sp³-hybridized carbons (Fsp3) is 0.500. The van der Waals surface area contributed by atoms with E-state index in [2.05, 4.69) is 34.2 Å². The molecular formula is C12H17N5OS. The summed E-state index contributed by atoms with van der Waals surface area (Å²) in [5, 5.41) is 9.54. The predicted molar refractivity (Wildman–Crippen MR) is 74.3 cm³/mol. The fourth-order valence-corrected chi connectivity index (χ4v) is 2.63. The lowest BCUT2D eigenvalue weighted by molar-refractivity contribution is 0.102. The van der Waals surface area contributed by atoms with Gasteiger partial charge in [0.2, 0.25) is 5.95 Å². The van der Waals surface area contributed by atoms with Crippen molar-refractivity contribution >= 4 is 23.2 Å². The molecule has 0 saturated carbocycles. The number of anilines is 1. The molecule has 1 amide bonds. The Morgan fingerprint density at radius 1 is 1.47 bits per heavy atom. The van der Waals surface area contributed by atoms with E-state index in [1.807, 2.05) is 0 Å². The Morgan fingerprint density at radius 3 is 2.79 bits per heavy atom. The number of carbonyl (C=O) groups excluding carboxylic acids is 1. The number of thiazole rings is 1. The van der Waals surface area contributed by atoms with Crippen LogP contribution < -0.4 is 5.32 Å². The summed E-state index contributed by atoms with van der Waals surface area (Å²) < 4.78 is 1.54. The molecule has 2 aromatic rings. The second-order valence-corrected chi connectivity index (χ2v) is 5.73. The van der Waals surface area contributed by atoms with E-state index in [1.54, 1.807) is 19.4 Å². The maximum absolute atomic E-state index is 12.0. The van der Waals surface area contributed by atoms with Crippen molar-refractivity contribution in [2.45, 2.75) is 27.2 Å². The summed E-state index contributed by atoms with van der Waals surface area (Å²) in [6.07, 6.45) is 0.890. The van der Waals surface area contributed by atoms with E-state index in [9.17, 15) is 4.79 Å². The standard InChI is InChI=1S/C12H17N5OS/c1-7(2)5-10-14-9(6-19-10)11(18)15-12-13-8(3)16-17(12)4/h6-7H,5H2,1-4H3,(H,13,15,16,18). The molecule has 0 fully saturated rings. The highest BCUT2D eigenvalue weighted by molar-refractivity contribution is 7.09. The van der Waals surface area contributed by atoms with Gasteiger partial charge >= 0.3 is 0 Å². The second kappa shape index (κ2) is 5.48. The van der Waals surface area contributed by atoms with Gasteiger partial charge in [0, 0.05) is 18.8 Å². The smallest absolute Gasteiger partial charge is 0.277 e. The van der Waals surface area contributed by atoms with Crippen LogP contribution in [0.25, 0.3) is 0 Å². The summed E-state index contributed by atoms with van der Waals surface area (Å²) in [6.45, 7) is 6.03. The first kappa shape index (κ1) is 13.7. The highest BCUT2D eigenvalue weighted by atomic mass is 32.1. The number of rotatable bonds is 4. The largest absolute Gasteiger partial charge is 0.289 e. The first-order chi connectivity index (χ1) is 8.95. The third-order valence-electron chi connectivity index (χ3n) is 2.46. The Kier molecular flexibility index (Phi) is 3.94. The fourth-order valence-electron chi connectivity index (χ4n) is 1.65. The number of hydrogen-bond acceptors (Lipinski definition) is 5. The third-order valence-corrected chi connectivity index (χ3v) is 3.33. The topological polar surface area (TPSA) is 72.7 Å². The van der Waals surface area contributed by atoms with Crippen LogP contribution in [0.3, 0.4) is 0 Å². The predicted octanol–water partition coefficient (Wildman–Crippen LogP) is 2.03. The van der Waals surface area contributed by atoms with Gasteiger partial charge in [0.1, 0.15) is 11.5 Å². The third kappa shape index (κ3) is 3.37. The van der Waals surface area contributed by atoms with Crippen molar-refractivity contribution in [1.82, 2.24) is 19.7 Å². The summed E-state index contributed by atoms with van der Waals surface area (Å²) in [6, 6.07) is 0. The summed E-state index contributed by atoms with van der Waals surface area (Å²) in [4.78, 5) is 20.5. The van der Waals surface area contributed by atoms with Crippen LogP contribution in [0.2, 0.25) is 0 Å². The van der Waals surface area contributed by atoms with E-state index in [0.717, 1.165) is 11.4 Å². The zero-order valence-corrected chi connectivity index (χ0v) is 12.3. The van der Waals surface area contributed by atoms with Crippen molar-refractivity contribution in [3.8, 4) is 0 Å². The maximum atomic E-state index is 12.0. The first-order valence-electron chi connectivity index (χ1n) is 6.09. The van der Waals surface area contributed by atoms with Crippen molar-refractivity contribution in [3.63, 3.8) is 0 Å². The van der Waals surface area contributed by atoms with Crippen LogP contribution in [0.4, 0.5) is 5.95 Å². The quantitative estimate of drug-likeness (QED) is 0.929. The van der Waals surface area contributed by atoms with Crippen LogP contribution in [0.5, 0.6) is 0 Å². The van der Waals surface area contributed by atoms with Crippen LogP contribution >= 0.6 is 11.3 Å². The Balaban J connectivity index is 2.07. The van der Waals surface area contributed by atoms with Crippen LogP contribution in [0.1, 0.15) is 35.2 Å². The number of hydrogen-bond donors (Lipinski definition) is 1. The minimum absolute atomic E-state index is 0.248. The highest BCUT2D eigenvalue weighted by Gasteiger charge is 2.14. The highest BCUT2D eigenvalue weighted by Crippen LogP contribution is 2.15. The molecule has 0 unspecified atom stereocenters. The van der Waals surface area contributed by atoms with E-state index >= 15 is 0 Å². The van der Waals surface area contributed by atoms with Crippen molar-refractivity contribution < 1.29 is 4.79 Å².